The summed E-state index contributed by atoms with van der Waals surface area (Å²) in [7, 11) is 0. The van der Waals surface area contributed by atoms with Crippen LogP contribution in [0.5, 0.6) is 0 Å². The van der Waals surface area contributed by atoms with Crippen molar-refractivity contribution in [2.75, 3.05) is 24.3 Å². The van der Waals surface area contributed by atoms with Crippen LogP contribution in [0.3, 0.4) is 0 Å². The molecule has 2 aromatic rings. The number of ether oxygens (including phenoxy) is 1. The van der Waals surface area contributed by atoms with Gasteiger partial charge in [0.15, 0.2) is 10.8 Å². The van der Waals surface area contributed by atoms with Gasteiger partial charge in [-0.3, -0.25) is 4.79 Å². The first-order valence-electron chi connectivity index (χ1n) is 8.81. The monoisotopic (exact) mass is 438 g/mol. The number of nitrogens with zero attached hydrogens (tertiary/aromatic N) is 2. The van der Waals surface area contributed by atoms with Crippen LogP contribution >= 0.6 is 23.4 Å². The number of hydrogen-bond acceptors (Lipinski definition) is 6. The van der Waals surface area contributed by atoms with Gasteiger partial charge in [0.25, 0.3) is 5.91 Å². The van der Waals surface area contributed by atoms with E-state index < -0.39 is 22.9 Å². The Bertz CT molecular complexity index is 991. The second kappa shape index (κ2) is 7.55. The second-order valence-electron chi connectivity index (χ2n) is 6.88. The number of carbonyl (C=O) groups is 1. The maximum Gasteiger partial charge on any atom is 0.274 e. The predicted molar refractivity (Wildman–Crippen MR) is 109 cm³/mol. The number of anilines is 1. The van der Waals surface area contributed by atoms with Crippen LogP contribution < -0.4 is 11.1 Å². The highest BCUT2D eigenvalue weighted by Gasteiger charge is 2.59. The standard InChI is InChI=1S/C19H17ClF2N4O2S/c20-11-1-4-15(24-8-11)16(27)25-12-2-3-14(21)13(7-12)19-9-28-6-5-18(19,22)10-29-17(23)26-19/h1-4,7-8H,5-6,9-10H2,(H2,23,26)(H,25,27)/t18-,19-/m1/s1. The Morgan fingerprint density at radius 3 is 2.93 bits per heavy atom. The average molecular weight is 439 g/mol. The quantitative estimate of drug-likeness (QED) is 0.765. The molecule has 2 aliphatic heterocycles. The topological polar surface area (TPSA) is 89.6 Å². The Balaban J connectivity index is 1.72. The van der Waals surface area contributed by atoms with Crippen molar-refractivity contribution in [2.24, 2.45) is 10.7 Å². The van der Waals surface area contributed by atoms with Crippen molar-refractivity contribution in [2.45, 2.75) is 17.6 Å². The fraction of sp³-hybridized carbons (Fsp3) is 0.316. The Hall–Kier alpha value is -2.23. The number of aliphatic imine (C=N–C) groups is 1. The molecule has 0 saturated carbocycles. The van der Waals surface area contributed by atoms with E-state index in [9.17, 15) is 9.18 Å². The molecule has 1 amide bonds. The summed E-state index contributed by atoms with van der Waals surface area (Å²) < 4.78 is 36.2. The minimum absolute atomic E-state index is 0.00943. The van der Waals surface area contributed by atoms with Crippen LogP contribution in [0, 0.1) is 5.82 Å². The van der Waals surface area contributed by atoms with E-state index in [1.54, 1.807) is 0 Å². The highest BCUT2D eigenvalue weighted by Crippen LogP contribution is 2.50. The molecule has 3 N–H and O–H groups in total. The lowest BCUT2D eigenvalue weighted by Crippen LogP contribution is -2.59. The summed E-state index contributed by atoms with van der Waals surface area (Å²) in [5, 5.41) is 3.21. The van der Waals surface area contributed by atoms with Crippen molar-refractivity contribution in [1.82, 2.24) is 4.98 Å². The molecule has 0 radical (unpaired) electrons. The van der Waals surface area contributed by atoms with Gasteiger partial charge in [-0.05, 0) is 30.3 Å². The van der Waals surface area contributed by atoms with E-state index in [-0.39, 0.29) is 47.5 Å². The summed E-state index contributed by atoms with van der Waals surface area (Å²) in [4.78, 5) is 20.7. The van der Waals surface area contributed by atoms with Gasteiger partial charge in [-0.15, -0.1) is 0 Å². The van der Waals surface area contributed by atoms with Crippen molar-refractivity contribution in [1.29, 1.82) is 0 Å². The van der Waals surface area contributed by atoms with E-state index in [0.717, 1.165) is 17.8 Å². The van der Waals surface area contributed by atoms with Gasteiger partial charge < -0.3 is 15.8 Å². The number of alkyl halides is 1. The first-order chi connectivity index (χ1) is 13.8. The zero-order chi connectivity index (χ0) is 20.6. The molecule has 0 bridgehead atoms. The van der Waals surface area contributed by atoms with Gasteiger partial charge in [-0.25, -0.2) is 18.8 Å². The minimum Gasteiger partial charge on any atom is -0.379 e. The third-order valence-electron chi connectivity index (χ3n) is 5.07. The maximum absolute atomic E-state index is 15.9. The normalized spacial score (nSPS) is 26.4. The molecule has 6 nitrogen and oxygen atoms in total. The molecule has 4 rings (SSSR count). The summed E-state index contributed by atoms with van der Waals surface area (Å²) in [5.41, 5.74) is 2.83. The van der Waals surface area contributed by atoms with E-state index in [1.807, 2.05) is 0 Å². The van der Waals surface area contributed by atoms with Gasteiger partial charge in [0.05, 0.1) is 11.6 Å². The third-order valence-corrected chi connectivity index (χ3v) is 6.29. The molecular weight excluding hydrogens is 422 g/mol. The number of hydrogen-bond donors (Lipinski definition) is 2. The lowest BCUT2D eigenvalue weighted by molar-refractivity contribution is -0.0705. The molecule has 1 fully saturated rings. The van der Waals surface area contributed by atoms with Crippen LogP contribution in [0.2, 0.25) is 5.02 Å². The van der Waals surface area contributed by atoms with Crippen LogP contribution in [-0.4, -0.2) is 40.7 Å². The fourth-order valence-electron chi connectivity index (χ4n) is 3.53. The number of rotatable bonds is 3. The van der Waals surface area contributed by atoms with Crippen LogP contribution in [0.4, 0.5) is 14.5 Å². The van der Waals surface area contributed by atoms with Crippen molar-refractivity contribution in [3.8, 4) is 0 Å². The van der Waals surface area contributed by atoms with Crippen LogP contribution in [0.1, 0.15) is 22.5 Å². The molecule has 3 heterocycles. The predicted octanol–water partition coefficient (Wildman–Crippen LogP) is 3.51. The highest BCUT2D eigenvalue weighted by molar-refractivity contribution is 8.13. The number of fused-ring (bicyclic) bond motifs is 1. The van der Waals surface area contributed by atoms with E-state index in [0.29, 0.717) is 5.02 Å². The number of amides is 1. The zero-order valence-electron chi connectivity index (χ0n) is 15.1. The Kier molecular flexibility index (Phi) is 5.22. The number of amidine groups is 1. The lowest BCUT2D eigenvalue weighted by atomic mass is 9.74. The Morgan fingerprint density at radius 2 is 2.17 bits per heavy atom. The zero-order valence-corrected chi connectivity index (χ0v) is 16.7. The number of nitrogens with one attached hydrogen (secondary N) is 1. The molecule has 2 aliphatic rings. The van der Waals surface area contributed by atoms with E-state index in [2.05, 4.69) is 15.3 Å². The van der Waals surface area contributed by atoms with Gasteiger partial charge in [0.1, 0.15) is 17.1 Å². The molecule has 1 aromatic heterocycles. The summed E-state index contributed by atoms with van der Waals surface area (Å²) in [6, 6.07) is 6.92. The average Bonchev–Trinajstić information content (AvgIpc) is 2.70. The molecule has 10 heteroatoms. The molecule has 2 atom stereocenters. The molecule has 0 unspecified atom stereocenters. The molecule has 29 heavy (non-hydrogen) atoms. The molecule has 1 saturated heterocycles. The molecular formula is C19H17ClF2N4O2S. The smallest absolute Gasteiger partial charge is 0.274 e. The fourth-order valence-corrected chi connectivity index (χ4v) is 4.62. The molecule has 0 aliphatic carbocycles. The summed E-state index contributed by atoms with van der Waals surface area (Å²) >= 11 is 6.88. The number of carbonyl (C=O) groups excluding carboxylic acids is 1. The highest BCUT2D eigenvalue weighted by atomic mass is 35.5. The van der Waals surface area contributed by atoms with E-state index >= 15 is 4.39 Å². The van der Waals surface area contributed by atoms with Crippen LogP contribution in [-0.2, 0) is 10.3 Å². The number of benzene rings is 1. The van der Waals surface area contributed by atoms with Crippen molar-refractivity contribution < 1.29 is 18.3 Å². The van der Waals surface area contributed by atoms with Crippen molar-refractivity contribution in [3.05, 3.63) is 58.6 Å². The number of aromatic nitrogens is 1. The van der Waals surface area contributed by atoms with Gasteiger partial charge in [-0.1, -0.05) is 23.4 Å². The van der Waals surface area contributed by atoms with Crippen molar-refractivity contribution in [3.63, 3.8) is 0 Å². The van der Waals surface area contributed by atoms with Crippen LogP contribution in [0.25, 0.3) is 0 Å². The first kappa shape index (κ1) is 20.1. The van der Waals surface area contributed by atoms with Gasteiger partial charge in [0, 0.05) is 36.2 Å². The molecule has 1 aromatic carbocycles. The first-order valence-corrected chi connectivity index (χ1v) is 10.2. The SMILES string of the molecule is NC1=N[C@@]2(c3cc(NC(=O)c4ccc(Cl)cn4)ccc3F)COCC[C@@]2(F)CS1. The van der Waals surface area contributed by atoms with E-state index in [1.165, 1.54) is 30.5 Å². The lowest BCUT2D eigenvalue weighted by Gasteiger charge is -2.48. The Labute approximate surface area is 174 Å². The number of nitrogens with two attached hydrogens (primary N) is 1. The Morgan fingerprint density at radius 1 is 1.34 bits per heavy atom. The second-order valence-corrected chi connectivity index (χ2v) is 8.31. The minimum atomic E-state index is -1.82. The van der Waals surface area contributed by atoms with Gasteiger partial charge in [0.2, 0.25) is 0 Å². The van der Waals surface area contributed by atoms with Gasteiger partial charge >= 0.3 is 0 Å². The maximum atomic E-state index is 15.9. The van der Waals surface area contributed by atoms with Crippen LogP contribution in [0.15, 0.2) is 41.5 Å². The number of thioether (sulfide) groups is 1. The number of halogens is 3. The van der Waals surface area contributed by atoms with Gasteiger partial charge in [-0.2, -0.15) is 0 Å². The molecule has 0 spiro atoms. The third kappa shape index (κ3) is 3.58. The van der Waals surface area contributed by atoms with E-state index in [4.69, 9.17) is 22.1 Å². The summed E-state index contributed by atoms with van der Waals surface area (Å²) in [6.07, 6.45) is 1.42. The van der Waals surface area contributed by atoms with Crippen molar-refractivity contribution >= 4 is 40.1 Å². The molecule has 152 valence electrons. The summed E-state index contributed by atoms with van der Waals surface area (Å²) in [6.45, 7) is 0.0757. The largest absolute Gasteiger partial charge is 0.379 e. The number of pyridine rings is 1. The summed E-state index contributed by atoms with van der Waals surface area (Å²) in [5.74, 6) is -1.11.